The second kappa shape index (κ2) is 15.0. The van der Waals surface area contributed by atoms with Crippen molar-refractivity contribution in [3.63, 3.8) is 0 Å². The van der Waals surface area contributed by atoms with Gasteiger partial charge in [-0.25, -0.2) is 4.79 Å². The Hall–Kier alpha value is -2.49. The Balaban J connectivity index is 1.60. The lowest BCUT2D eigenvalue weighted by Crippen LogP contribution is -2.65. The largest absolute Gasteiger partial charge is 0.458 e. The minimum Gasteiger partial charge on any atom is -0.458 e. The number of benzene rings is 1. The first kappa shape index (κ1) is 40.7. The fraction of sp³-hybridized carbons (Fsp3) is 0.698. The molecule has 4 fully saturated rings. The molecule has 9 heteroatoms. The molecule has 2 N–H and O–H groups in total. The molecule has 0 saturated heterocycles. The third kappa shape index (κ3) is 7.32. The number of aliphatic hydroxyl groups is 2. The molecule has 0 spiro atoms. The Morgan fingerprint density at radius 3 is 2.15 bits per heavy atom. The van der Waals surface area contributed by atoms with Gasteiger partial charge in [0.15, 0.2) is 0 Å². The summed E-state index contributed by atoms with van der Waals surface area (Å²) in [6.07, 6.45) is 3.53. The summed E-state index contributed by atoms with van der Waals surface area (Å²) < 4.78 is 18.2. The average Bonchev–Trinajstić information content (AvgIpc) is 3.32. The summed E-state index contributed by atoms with van der Waals surface area (Å²) in [4.78, 5) is 39.7. The number of carbonyl (C=O) groups excluding carboxylic acids is 3. The first-order chi connectivity index (χ1) is 24.2. The third-order valence-electron chi connectivity index (χ3n) is 14.0. The molecule has 4 aliphatic rings. The minimum absolute atomic E-state index is 0.0193. The second-order valence-electron chi connectivity index (χ2n) is 18.2. The van der Waals surface area contributed by atoms with Crippen LogP contribution < -0.4 is 0 Å². The molecule has 0 amide bonds. The van der Waals surface area contributed by atoms with Gasteiger partial charge in [-0.1, -0.05) is 61.3 Å². The van der Waals surface area contributed by atoms with Crippen molar-refractivity contribution in [3.05, 3.63) is 51.0 Å². The van der Waals surface area contributed by atoms with E-state index < -0.39 is 47.7 Å². The number of rotatable bonds is 8. The van der Waals surface area contributed by atoms with Crippen molar-refractivity contribution in [2.45, 2.75) is 139 Å². The summed E-state index contributed by atoms with van der Waals surface area (Å²) in [7, 11) is 0. The van der Waals surface area contributed by atoms with Crippen LogP contribution in [0.5, 0.6) is 0 Å². The zero-order valence-corrected chi connectivity index (χ0v) is 34.5. The lowest BCUT2D eigenvalue weighted by atomic mass is 9.36. The van der Waals surface area contributed by atoms with Crippen molar-refractivity contribution in [3.8, 4) is 0 Å². The van der Waals surface area contributed by atoms with Gasteiger partial charge in [0.2, 0.25) is 6.79 Å². The molecule has 0 aromatic heterocycles. The lowest BCUT2D eigenvalue weighted by molar-refractivity contribution is -0.234. The van der Waals surface area contributed by atoms with Crippen LogP contribution in [0.15, 0.2) is 45.5 Å². The van der Waals surface area contributed by atoms with Crippen molar-refractivity contribution in [1.29, 1.82) is 0 Å². The molecule has 0 bridgehead atoms. The molecule has 8 nitrogen and oxygen atoms in total. The average molecular weight is 786 g/mol. The maximum absolute atomic E-state index is 14.4. The molecule has 0 heterocycles. The first-order valence-corrected chi connectivity index (χ1v) is 20.0. The second-order valence-corrected chi connectivity index (χ2v) is 19.2. The van der Waals surface area contributed by atoms with Crippen LogP contribution in [0.25, 0.3) is 5.57 Å². The zero-order valence-electron chi connectivity index (χ0n) is 32.9. The van der Waals surface area contributed by atoms with Gasteiger partial charge in [0, 0.05) is 17.0 Å². The van der Waals surface area contributed by atoms with Crippen LogP contribution in [0.4, 0.5) is 0 Å². The fourth-order valence-corrected chi connectivity index (χ4v) is 11.6. The molecular formula is C43H61BrO8. The predicted octanol–water partition coefficient (Wildman–Crippen LogP) is 8.96. The van der Waals surface area contributed by atoms with E-state index in [1.807, 2.05) is 12.1 Å². The Kier molecular flexibility index (Phi) is 11.7. The number of esters is 3. The van der Waals surface area contributed by atoms with Crippen LogP contribution in [0.1, 0.15) is 126 Å². The van der Waals surface area contributed by atoms with Crippen molar-refractivity contribution >= 4 is 39.4 Å². The van der Waals surface area contributed by atoms with E-state index in [1.54, 1.807) is 20.8 Å². The van der Waals surface area contributed by atoms with Gasteiger partial charge in [-0.15, -0.1) is 0 Å². The molecule has 0 radical (unpaired) electrons. The molecule has 288 valence electrons. The SMILES string of the molecule is CC(=O)O[C@H]1C[C@@]2(C)[C@@H](C[C@@H](O)C3[C@]2(C)CC[C@H]2[C@H](C)[C@H](O)CC[C@]32C)/C1=C(\CCC(=C(C)C)c1ccc(Br)cc1)C(=O)OCOC(=O)C(C)(C)C. The van der Waals surface area contributed by atoms with E-state index in [1.165, 1.54) is 6.92 Å². The van der Waals surface area contributed by atoms with Gasteiger partial charge >= 0.3 is 17.9 Å². The highest BCUT2D eigenvalue weighted by molar-refractivity contribution is 9.10. The molecule has 4 aliphatic carbocycles. The first-order valence-electron chi connectivity index (χ1n) is 19.2. The lowest BCUT2D eigenvalue weighted by Gasteiger charge is -2.69. The van der Waals surface area contributed by atoms with Crippen LogP contribution in [-0.2, 0) is 28.6 Å². The quantitative estimate of drug-likeness (QED) is 0.152. The number of aliphatic hydroxyl groups excluding tert-OH is 2. The monoisotopic (exact) mass is 784 g/mol. The number of halogens is 1. The Morgan fingerprint density at radius 1 is 0.904 bits per heavy atom. The summed E-state index contributed by atoms with van der Waals surface area (Å²) in [6, 6.07) is 8.10. The summed E-state index contributed by atoms with van der Waals surface area (Å²) in [5, 5.41) is 23.2. The Labute approximate surface area is 319 Å². The van der Waals surface area contributed by atoms with E-state index >= 15 is 0 Å². The number of allylic oxidation sites excluding steroid dienone is 2. The number of hydrogen-bond acceptors (Lipinski definition) is 8. The maximum atomic E-state index is 14.4. The molecule has 1 aromatic carbocycles. The van der Waals surface area contributed by atoms with Gasteiger partial charge < -0.3 is 24.4 Å². The smallest absolute Gasteiger partial charge is 0.336 e. The van der Waals surface area contributed by atoms with Crippen LogP contribution in [-0.4, -0.2) is 53.2 Å². The van der Waals surface area contributed by atoms with Gasteiger partial charge in [-0.3, -0.25) is 9.59 Å². The third-order valence-corrected chi connectivity index (χ3v) is 14.6. The molecule has 4 saturated carbocycles. The molecule has 10 atom stereocenters. The van der Waals surface area contributed by atoms with Crippen molar-refractivity contribution in [2.24, 2.45) is 45.3 Å². The molecule has 1 aromatic rings. The van der Waals surface area contributed by atoms with E-state index in [-0.39, 0.29) is 34.7 Å². The topological polar surface area (TPSA) is 119 Å². The maximum Gasteiger partial charge on any atom is 0.336 e. The molecule has 1 unspecified atom stereocenters. The van der Waals surface area contributed by atoms with Gasteiger partial charge in [-0.05, 0) is 155 Å². The zero-order chi connectivity index (χ0) is 38.6. The van der Waals surface area contributed by atoms with Crippen molar-refractivity contribution in [1.82, 2.24) is 0 Å². The van der Waals surface area contributed by atoms with Crippen LogP contribution in [0.3, 0.4) is 0 Å². The summed E-state index contributed by atoms with van der Waals surface area (Å²) in [6.45, 7) is 19.3. The Bertz CT molecular complexity index is 1600. The van der Waals surface area contributed by atoms with Crippen LogP contribution >= 0.6 is 15.9 Å². The number of fused-ring (bicyclic) bond motifs is 5. The van der Waals surface area contributed by atoms with Crippen molar-refractivity contribution < 1.29 is 38.8 Å². The predicted molar refractivity (Wildman–Crippen MR) is 204 cm³/mol. The van der Waals surface area contributed by atoms with E-state index in [0.717, 1.165) is 52.4 Å². The summed E-state index contributed by atoms with van der Waals surface area (Å²) >= 11 is 3.53. The number of carbonyl (C=O) groups is 3. The van der Waals surface area contributed by atoms with Crippen LogP contribution in [0.2, 0.25) is 0 Å². The minimum atomic E-state index is -0.765. The summed E-state index contributed by atoms with van der Waals surface area (Å²) in [5.41, 5.74) is 2.75. The van der Waals surface area contributed by atoms with Crippen LogP contribution in [0, 0.1) is 45.3 Å². The van der Waals surface area contributed by atoms with E-state index in [0.29, 0.717) is 37.2 Å². The van der Waals surface area contributed by atoms with Crippen molar-refractivity contribution in [2.75, 3.05) is 6.79 Å². The molecule has 5 rings (SSSR count). The van der Waals surface area contributed by atoms with E-state index in [2.05, 4.69) is 69.6 Å². The van der Waals surface area contributed by atoms with E-state index in [4.69, 9.17) is 14.2 Å². The molecule has 52 heavy (non-hydrogen) atoms. The van der Waals surface area contributed by atoms with Gasteiger partial charge in [0.25, 0.3) is 0 Å². The fourth-order valence-electron chi connectivity index (χ4n) is 11.3. The normalized spacial score (nSPS) is 36.4. The van der Waals surface area contributed by atoms with E-state index in [9.17, 15) is 24.6 Å². The van der Waals surface area contributed by atoms with Gasteiger partial charge in [0.05, 0.1) is 17.6 Å². The van der Waals surface area contributed by atoms with Gasteiger partial charge in [-0.2, -0.15) is 0 Å². The van der Waals surface area contributed by atoms with Gasteiger partial charge in [0.1, 0.15) is 6.10 Å². The summed E-state index contributed by atoms with van der Waals surface area (Å²) in [5.74, 6) is -1.33. The highest BCUT2D eigenvalue weighted by Gasteiger charge is 2.71. The highest BCUT2D eigenvalue weighted by atomic mass is 79.9. The molecular weight excluding hydrogens is 724 g/mol. The number of hydrogen-bond donors (Lipinski definition) is 2. The Morgan fingerprint density at radius 2 is 1.56 bits per heavy atom. The highest BCUT2D eigenvalue weighted by Crippen LogP contribution is 2.74. The standard InChI is InChI=1S/C43H61BrO8/c1-24(2)29(27-11-13-28(44)14-12-27)15-16-30(38(48)50-23-51-39(49)40(5,6)7)36-32-21-34(47)37-41(8)19-18-33(46)25(3)31(41)17-20-42(37,9)43(32,10)22-35(36)52-26(4)45/h11-14,25,31-35,37,46-47H,15-23H2,1-10H3/b36-30-/t25-,31-,32-,33+,34+,35-,37?,41-,42-,43-/m0/s1. The molecule has 0 aliphatic heterocycles. The number of ether oxygens (including phenoxy) is 3.